The molecule has 2 aromatic rings. The van der Waals surface area contributed by atoms with Crippen molar-refractivity contribution in [3.8, 4) is 0 Å². The summed E-state index contributed by atoms with van der Waals surface area (Å²) in [6.07, 6.45) is 1.99. The lowest BCUT2D eigenvalue weighted by Gasteiger charge is -2.17. The molecule has 0 saturated heterocycles. The Morgan fingerprint density at radius 1 is 1.00 bits per heavy atom. The van der Waals surface area contributed by atoms with E-state index in [2.05, 4.69) is 4.99 Å². The average Bonchev–Trinajstić information content (AvgIpc) is 3.01. The van der Waals surface area contributed by atoms with Crippen LogP contribution in [0.3, 0.4) is 0 Å². The summed E-state index contributed by atoms with van der Waals surface area (Å²) >= 11 is 0. The minimum Gasteiger partial charge on any atom is -0.329 e. The Morgan fingerprint density at radius 2 is 1.64 bits per heavy atom. The fourth-order valence-corrected chi connectivity index (χ4v) is 3.42. The number of halogens is 2. The van der Waals surface area contributed by atoms with Gasteiger partial charge in [0.2, 0.25) is 0 Å². The molecule has 25 heavy (non-hydrogen) atoms. The maximum Gasteiger partial charge on any atom is 0.677 e. The molecule has 0 aliphatic carbocycles. The van der Waals surface area contributed by atoms with Crippen molar-refractivity contribution in [2.24, 2.45) is 4.99 Å². The van der Waals surface area contributed by atoms with E-state index >= 15 is 0 Å². The predicted octanol–water partition coefficient (Wildman–Crippen LogP) is 5.37. The van der Waals surface area contributed by atoms with Gasteiger partial charge in [0.05, 0.1) is 5.70 Å². The molecule has 0 spiro atoms. The molecule has 3 rings (SSSR count). The summed E-state index contributed by atoms with van der Waals surface area (Å²) < 4.78 is 28.7. The second-order valence-corrected chi connectivity index (χ2v) is 6.64. The molecule has 5 heteroatoms. The van der Waals surface area contributed by atoms with Gasteiger partial charge in [0.25, 0.3) is 0 Å². The van der Waals surface area contributed by atoms with Crippen LogP contribution in [-0.4, -0.2) is 17.6 Å². The first-order chi connectivity index (χ1) is 11.8. The average molecular weight is 338 g/mol. The molecule has 2 nitrogen and oxygen atoms in total. The Balaban J connectivity index is 2.38. The van der Waals surface area contributed by atoms with Crippen LogP contribution in [0, 0.1) is 20.8 Å². The number of allylic oxidation sites excluding steroid dienone is 2. The van der Waals surface area contributed by atoms with Gasteiger partial charge >= 0.3 is 7.40 Å². The lowest BCUT2D eigenvalue weighted by molar-refractivity contribution is 0.624. The summed E-state index contributed by atoms with van der Waals surface area (Å²) in [4.78, 5) is 4.64. The molecule has 2 heterocycles. The smallest absolute Gasteiger partial charge is 0.329 e. The number of hydrogen-bond acceptors (Lipinski definition) is 1. The normalized spacial score (nSPS) is 16.0. The van der Waals surface area contributed by atoms with Gasteiger partial charge in [-0.25, -0.2) is 0 Å². The third kappa shape index (κ3) is 3.11. The standard InChI is InChI=1S/C20H21BF2N2/c1-12-6-8-17(9-7-12)18(19-13(2)10-15(4)24-19)20-14(3)11-16(5)25(20)21(22)23/h6-11H,1-5H3/b19-18-. The number of hydrogen-bond donors (Lipinski definition) is 0. The molecule has 128 valence electrons. The van der Waals surface area contributed by atoms with Crippen molar-refractivity contribution in [3.05, 3.63) is 75.8 Å². The number of rotatable bonds is 3. The van der Waals surface area contributed by atoms with Gasteiger partial charge in [0.1, 0.15) is 0 Å². The zero-order valence-corrected chi connectivity index (χ0v) is 15.2. The topological polar surface area (TPSA) is 17.3 Å². The monoisotopic (exact) mass is 338 g/mol. The quantitative estimate of drug-likeness (QED) is 0.670. The third-order valence-corrected chi connectivity index (χ3v) is 4.52. The van der Waals surface area contributed by atoms with Crippen LogP contribution in [0.1, 0.15) is 41.9 Å². The first-order valence-electron chi connectivity index (χ1n) is 8.32. The molecule has 1 aromatic carbocycles. The van der Waals surface area contributed by atoms with Gasteiger partial charge in [-0.1, -0.05) is 29.8 Å². The Kier molecular flexibility index (Phi) is 4.50. The van der Waals surface area contributed by atoms with Gasteiger partial charge in [-0.3, -0.25) is 13.6 Å². The second kappa shape index (κ2) is 6.47. The molecule has 0 N–H and O–H groups in total. The zero-order valence-electron chi connectivity index (χ0n) is 15.2. The Morgan fingerprint density at radius 3 is 2.16 bits per heavy atom. The molecular formula is C20H21BF2N2. The van der Waals surface area contributed by atoms with E-state index in [-0.39, 0.29) is 0 Å². The van der Waals surface area contributed by atoms with Crippen molar-refractivity contribution in [2.75, 3.05) is 0 Å². The van der Waals surface area contributed by atoms with Gasteiger partial charge in [-0.15, -0.1) is 0 Å². The summed E-state index contributed by atoms with van der Waals surface area (Å²) in [6, 6.07) is 9.76. The van der Waals surface area contributed by atoms with E-state index in [4.69, 9.17) is 0 Å². The van der Waals surface area contributed by atoms with E-state index in [1.165, 1.54) is 0 Å². The van der Waals surface area contributed by atoms with Gasteiger partial charge < -0.3 is 4.48 Å². The van der Waals surface area contributed by atoms with E-state index < -0.39 is 7.40 Å². The summed E-state index contributed by atoms with van der Waals surface area (Å²) in [5.74, 6) is 0. The van der Waals surface area contributed by atoms with Crippen LogP contribution in [-0.2, 0) is 0 Å². The van der Waals surface area contributed by atoms with Crippen LogP contribution in [0.2, 0.25) is 0 Å². The number of nitrogens with zero attached hydrogens (tertiary/aromatic N) is 2. The summed E-state index contributed by atoms with van der Waals surface area (Å²) in [5.41, 5.74) is 7.35. The maximum absolute atomic E-state index is 13.8. The molecule has 1 aromatic heterocycles. The highest BCUT2D eigenvalue weighted by Gasteiger charge is 2.29. The number of aromatic nitrogens is 1. The first kappa shape index (κ1) is 17.4. The van der Waals surface area contributed by atoms with Crippen LogP contribution in [0.25, 0.3) is 5.57 Å². The van der Waals surface area contributed by atoms with Crippen molar-refractivity contribution in [1.29, 1.82) is 0 Å². The lowest BCUT2D eigenvalue weighted by atomic mass is 9.94. The van der Waals surface area contributed by atoms with Crippen LogP contribution >= 0.6 is 0 Å². The molecule has 0 unspecified atom stereocenters. The third-order valence-electron chi connectivity index (χ3n) is 4.52. The minimum absolute atomic E-state index is 0.539. The first-order valence-corrected chi connectivity index (χ1v) is 8.32. The van der Waals surface area contributed by atoms with Gasteiger partial charge in [0.15, 0.2) is 0 Å². The van der Waals surface area contributed by atoms with Crippen molar-refractivity contribution in [3.63, 3.8) is 0 Å². The zero-order chi connectivity index (χ0) is 18.3. The number of aryl methyl sites for hydroxylation is 3. The van der Waals surface area contributed by atoms with Crippen LogP contribution in [0.4, 0.5) is 8.63 Å². The number of benzene rings is 1. The number of aliphatic imine (C=N–C) groups is 1. The predicted molar refractivity (Wildman–Crippen MR) is 101 cm³/mol. The molecule has 1 aliphatic heterocycles. The van der Waals surface area contributed by atoms with Crippen LogP contribution < -0.4 is 0 Å². The molecule has 0 fully saturated rings. The maximum atomic E-state index is 13.8. The van der Waals surface area contributed by atoms with Crippen molar-refractivity contribution in [1.82, 2.24) is 4.48 Å². The SMILES string of the molecule is CC1=CC(C)=N/C1=C(/c1ccc(C)cc1)c1c(C)cc(C)n1B(F)F. The highest BCUT2D eigenvalue weighted by molar-refractivity contribution is 6.41. The summed E-state index contributed by atoms with van der Waals surface area (Å²) in [6.45, 7) is 9.50. The van der Waals surface area contributed by atoms with Crippen LogP contribution in [0.15, 0.2) is 52.7 Å². The van der Waals surface area contributed by atoms with Crippen molar-refractivity contribution < 1.29 is 8.63 Å². The van der Waals surface area contributed by atoms with Crippen molar-refractivity contribution >= 4 is 18.7 Å². The fourth-order valence-electron chi connectivity index (χ4n) is 3.42. The molecule has 0 atom stereocenters. The molecule has 1 aliphatic rings. The fraction of sp³-hybridized carbons (Fsp3) is 0.250. The van der Waals surface area contributed by atoms with E-state index in [1.807, 2.05) is 58.0 Å². The van der Waals surface area contributed by atoms with E-state index in [1.54, 1.807) is 13.0 Å². The Labute approximate surface area is 147 Å². The van der Waals surface area contributed by atoms with Gasteiger partial charge in [-0.2, -0.15) is 0 Å². The Hall–Kier alpha value is -2.43. The molecular weight excluding hydrogens is 317 g/mol. The lowest BCUT2D eigenvalue weighted by Crippen LogP contribution is -2.18. The summed E-state index contributed by atoms with van der Waals surface area (Å²) in [5, 5.41) is 0. The van der Waals surface area contributed by atoms with Gasteiger partial charge in [0, 0.05) is 22.7 Å². The molecule has 0 amide bonds. The summed E-state index contributed by atoms with van der Waals surface area (Å²) in [7, 11) is -2.60. The molecule has 0 saturated carbocycles. The van der Waals surface area contributed by atoms with E-state index in [0.29, 0.717) is 11.4 Å². The van der Waals surface area contributed by atoms with Crippen molar-refractivity contribution in [2.45, 2.75) is 34.6 Å². The van der Waals surface area contributed by atoms with Gasteiger partial charge in [-0.05, 0) is 63.5 Å². The molecule has 0 radical (unpaired) electrons. The highest BCUT2D eigenvalue weighted by Crippen LogP contribution is 2.37. The largest absolute Gasteiger partial charge is 0.677 e. The second-order valence-electron chi connectivity index (χ2n) is 6.64. The van der Waals surface area contributed by atoms with E-state index in [9.17, 15) is 8.63 Å². The molecule has 0 bridgehead atoms. The highest BCUT2D eigenvalue weighted by atomic mass is 19.2. The Bertz CT molecular complexity index is 916. The van der Waals surface area contributed by atoms with E-state index in [0.717, 1.165) is 43.7 Å². The minimum atomic E-state index is -2.60. The van der Waals surface area contributed by atoms with Crippen LogP contribution in [0.5, 0.6) is 0 Å².